The molecule has 0 amide bonds. The number of hydrogen-bond acceptors (Lipinski definition) is 3. The number of benzene rings is 1. The minimum absolute atomic E-state index is 0. The van der Waals surface area contributed by atoms with Crippen molar-refractivity contribution in [3.63, 3.8) is 0 Å². The first kappa shape index (κ1) is 21.5. The maximum atomic E-state index is 12.8. The molecule has 1 atom stereocenters. The third-order valence-electron chi connectivity index (χ3n) is 4.09. The van der Waals surface area contributed by atoms with E-state index >= 15 is 0 Å². The zero-order valence-corrected chi connectivity index (χ0v) is 17.4. The molecular formula is C17H28FIN4S. The van der Waals surface area contributed by atoms with Gasteiger partial charge in [0.15, 0.2) is 5.96 Å². The van der Waals surface area contributed by atoms with Crippen molar-refractivity contribution in [2.75, 3.05) is 31.9 Å². The Bertz CT molecular complexity index is 498. The van der Waals surface area contributed by atoms with Gasteiger partial charge in [-0.25, -0.2) is 4.39 Å². The number of nitrogens with zero attached hydrogens (tertiary/aromatic N) is 2. The Morgan fingerprint density at radius 3 is 2.88 bits per heavy atom. The molecule has 0 spiro atoms. The van der Waals surface area contributed by atoms with Gasteiger partial charge in [0.1, 0.15) is 5.82 Å². The summed E-state index contributed by atoms with van der Waals surface area (Å²) in [7, 11) is 0. The zero-order chi connectivity index (χ0) is 16.5. The largest absolute Gasteiger partial charge is 0.370 e. The van der Waals surface area contributed by atoms with E-state index in [0.717, 1.165) is 36.7 Å². The van der Waals surface area contributed by atoms with E-state index in [1.165, 1.54) is 31.5 Å². The molecule has 1 aliphatic rings. The molecule has 1 unspecified atom stereocenters. The molecule has 1 aromatic rings. The summed E-state index contributed by atoms with van der Waals surface area (Å²) in [5.74, 6) is 1.32. The van der Waals surface area contributed by atoms with Crippen LogP contribution in [0.4, 0.5) is 4.39 Å². The van der Waals surface area contributed by atoms with Gasteiger partial charge in [0.05, 0.1) is 6.54 Å². The maximum absolute atomic E-state index is 12.8. The van der Waals surface area contributed by atoms with Crippen molar-refractivity contribution in [3.05, 3.63) is 30.1 Å². The van der Waals surface area contributed by atoms with Crippen LogP contribution in [0.2, 0.25) is 0 Å². The van der Waals surface area contributed by atoms with Crippen LogP contribution in [0, 0.1) is 5.82 Å². The van der Waals surface area contributed by atoms with Crippen molar-refractivity contribution < 1.29 is 4.39 Å². The monoisotopic (exact) mass is 466 g/mol. The molecule has 1 aliphatic heterocycles. The highest BCUT2D eigenvalue weighted by molar-refractivity contribution is 14.0. The van der Waals surface area contributed by atoms with E-state index in [1.807, 2.05) is 12.1 Å². The van der Waals surface area contributed by atoms with Crippen molar-refractivity contribution in [2.24, 2.45) is 10.7 Å². The predicted octanol–water partition coefficient (Wildman–Crippen LogP) is 3.31. The van der Waals surface area contributed by atoms with Gasteiger partial charge < -0.3 is 11.1 Å². The summed E-state index contributed by atoms with van der Waals surface area (Å²) in [6, 6.07) is 7.16. The summed E-state index contributed by atoms with van der Waals surface area (Å²) in [5, 5.41) is 3.17. The molecule has 1 fully saturated rings. The van der Waals surface area contributed by atoms with E-state index in [2.05, 4.69) is 22.1 Å². The minimum atomic E-state index is -0.191. The first-order valence-corrected chi connectivity index (χ1v) is 9.34. The van der Waals surface area contributed by atoms with E-state index in [-0.39, 0.29) is 29.8 Å². The van der Waals surface area contributed by atoms with Crippen molar-refractivity contribution in [3.8, 4) is 0 Å². The Morgan fingerprint density at radius 2 is 2.17 bits per heavy atom. The number of hydrogen-bond donors (Lipinski definition) is 2. The fraction of sp³-hybridized carbons (Fsp3) is 0.588. The van der Waals surface area contributed by atoms with Crippen LogP contribution in [-0.2, 0) is 0 Å². The fourth-order valence-corrected chi connectivity index (χ4v) is 3.64. The molecule has 136 valence electrons. The highest BCUT2D eigenvalue weighted by Gasteiger charge is 2.22. The number of thioether (sulfide) groups is 1. The summed E-state index contributed by atoms with van der Waals surface area (Å²) in [6.07, 6.45) is 3.48. The van der Waals surface area contributed by atoms with Crippen molar-refractivity contribution in [1.29, 1.82) is 0 Å². The SMILES string of the molecule is CCN1CCCC1CN=C(N)NCCCSc1ccc(F)cc1.I. The lowest BCUT2D eigenvalue weighted by molar-refractivity contribution is 0.273. The number of nitrogens with one attached hydrogen (secondary N) is 1. The van der Waals surface area contributed by atoms with Gasteiger partial charge in [-0.3, -0.25) is 9.89 Å². The minimum Gasteiger partial charge on any atom is -0.370 e. The molecule has 0 aromatic heterocycles. The molecule has 24 heavy (non-hydrogen) atoms. The van der Waals surface area contributed by atoms with Crippen LogP contribution in [0.25, 0.3) is 0 Å². The van der Waals surface area contributed by atoms with Crippen LogP contribution in [0.3, 0.4) is 0 Å². The molecule has 2 rings (SSSR count). The topological polar surface area (TPSA) is 53.6 Å². The Hall–Kier alpha value is -0.540. The Kier molecular flexibility index (Phi) is 10.7. The van der Waals surface area contributed by atoms with Gasteiger partial charge in [-0.1, -0.05) is 6.92 Å². The van der Waals surface area contributed by atoms with Gasteiger partial charge in [0.25, 0.3) is 0 Å². The highest BCUT2D eigenvalue weighted by Crippen LogP contribution is 2.18. The summed E-state index contributed by atoms with van der Waals surface area (Å²) >= 11 is 1.72. The molecular weight excluding hydrogens is 438 g/mol. The standard InChI is InChI=1S/C17H27FN4S.HI/c1-2-22-11-3-5-15(22)13-21-17(19)20-10-4-12-23-16-8-6-14(18)7-9-16;/h6-9,15H,2-5,10-13H2,1H3,(H3,19,20,21);1H. The van der Waals surface area contributed by atoms with Crippen LogP contribution in [0.1, 0.15) is 26.2 Å². The lowest BCUT2D eigenvalue weighted by Crippen LogP contribution is -2.36. The van der Waals surface area contributed by atoms with E-state index in [0.29, 0.717) is 12.0 Å². The Morgan fingerprint density at radius 1 is 1.42 bits per heavy atom. The molecule has 0 saturated carbocycles. The summed E-state index contributed by atoms with van der Waals surface area (Å²) in [6.45, 7) is 6.07. The third-order valence-corrected chi connectivity index (χ3v) is 5.19. The van der Waals surface area contributed by atoms with Gasteiger partial charge >= 0.3 is 0 Å². The lowest BCUT2D eigenvalue weighted by atomic mass is 10.2. The van der Waals surface area contributed by atoms with Crippen molar-refractivity contribution in [1.82, 2.24) is 10.2 Å². The smallest absolute Gasteiger partial charge is 0.188 e. The Labute approximate surface area is 165 Å². The normalized spacial score (nSPS) is 18.4. The van der Waals surface area contributed by atoms with Crippen LogP contribution in [0.15, 0.2) is 34.2 Å². The summed E-state index contributed by atoms with van der Waals surface area (Å²) < 4.78 is 12.8. The molecule has 7 heteroatoms. The second-order valence-electron chi connectivity index (χ2n) is 5.73. The van der Waals surface area contributed by atoms with Gasteiger partial charge in [0.2, 0.25) is 0 Å². The molecule has 1 saturated heterocycles. The fourth-order valence-electron chi connectivity index (χ4n) is 2.79. The molecule has 4 nitrogen and oxygen atoms in total. The van der Waals surface area contributed by atoms with Crippen LogP contribution >= 0.6 is 35.7 Å². The third kappa shape index (κ3) is 7.57. The number of likely N-dealkylation sites (N-methyl/N-ethyl adjacent to an activating group) is 1. The average Bonchev–Trinajstić information content (AvgIpc) is 3.02. The predicted molar refractivity (Wildman–Crippen MR) is 112 cm³/mol. The number of rotatable bonds is 8. The van der Waals surface area contributed by atoms with Crippen molar-refractivity contribution >= 4 is 41.7 Å². The number of halogens is 2. The van der Waals surface area contributed by atoms with Gasteiger partial charge in [-0.15, -0.1) is 35.7 Å². The molecule has 1 heterocycles. The first-order valence-electron chi connectivity index (χ1n) is 8.35. The van der Waals surface area contributed by atoms with E-state index in [4.69, 9.17) is 5.73 Å². The van der Waals surface area contributed by atoms with Gasteiger partial charge in [-0.05, 0) is 62.4 Å². The van der Waals surface area contributed by atoms with Crippen LogP contribution < -0.4 is 11.1 Å². The van der Waals surface area contributed by atoms with Crippen molar-refractivity contribution in [2.45, 2.75) is 37.1 Å². The second kappa shape index (κ2) is 11.9. The summed E-state index contributed by atoms with van der Waals surface area (Å²) in [5.41, 5.74) is 5.92. The van der Waals surface area contributed by atoms with E-state index in [1.54, 1.807) is 11.8 Å². The first-order chi connectivity index (χ1) is 11.2. The van der Waals surface area contributed by atoms with Gasteiger partial charge in [-0.2, -0.15) is 0 Å². The molecule has 0 aliphatic carbocycles. The quantitative estimate of drug-likeness (QED) is 0.203. The molecule has 0 radical (unpaired) electrons. The number of aliphatic imine (C=N–C) groups is 1. The van der Waals surface area contributed by atoms with Crippen LogP contribution in [-0.4, -0.2) is 48.8 Å². The summed E-state index contributed by atoms with van der Waals surface area (Å²) in [4.78, 5) is 8.02. The number of guanidine groups is 1. The number of nitrogens with two attached hydrogens (primary N) is 1. The molecule has 3 N–H and O–H groups in total. The molecule has 0 bridgehead atoms. The zero-order valence-electron chi connectivity index (χ0n) is 14.2. The van der Waals surface area contributed by atoms with Gasteiger partial charge in [0, 0.05) is 17.5 Å². The lowest BCUT2D eigenvalue weighted by Gasteiger charge is -2.20. The molecule has 1 aromatic carbocycles. The van der Waals surface area contributed by atoms with E-state index < -0.39 is 0 Å². The van der Waals surface area contributed by atoms with E-state index in [9.17, 15) is 4.39 Å². The Balaban J connectivity index is 0.00000288. The number of likely N-dealkylation sites (tertiary alicyclic amines) is 1. The maximum Gasteiger partial charge on any atom is 0.188 e. The highest BCUT2D eigenvalue weighted by atomic mass is 127. The average molecular weight is 466 g/mol. The second-order valence-corrected chi connectivity index (χ2v) is 6.90. The van der Waals surface area contributed by atoms with Crippen LogP contribution in [0.5, 0.6) is 0 Å².